The number of carbonyl (C=O) groups excluding carboxylic acids is 1. The van der Waals surface area contributed by atoms with Gasteiger partial charge in [-0.05, 0) is 43.2 Å². The number of hydrogen-bond donors (Lipinski definition) is 0. The van der Waals surface area contributed by atoms with Crippen LogP contribution in [0.15, 0.2) is 30.3 Å². The van der Waals surface area contributed by atoms with Gasteiger partial charge in [0.15, 0.2) is 9.84 Å². The van der Waals surface area contributed by atoms with Gasteiger partial charge in [0.1, 0.15) is 5.82 Å². The van der Waals surface area contributed by atoms with Crippen molar-refractivity contribution in [3.8, 4) is 0 Å². The highest BCUT2D eigenvalue weighted by Crippen LogP contribution is 2.23. The molecule has 0 radical (unpaired) electrons. The lowest BCUT2D eigenvalue weighted by molar-refractivity contribution is -0.132. The quantitative estimate of drug-likeness (QED) is 0.812. The summed E-state index contributed by atoms with van der Waals surface area (Å²) in [6, 6.07) is 6.33. The van der Waals surface area contributed by atoms with Gasteiger partial charge in [-0.25, -0.2) is 12.8 Å². The second kappa shape index (κ2) is 7.25. The molecule has 1 amide bonds. The Labute approximate surface area is 148 Å². The fraction of sp³-hybridized carbons (Fsp3) is 0.500. The number of likely N-dealkylation sites (N-methyl/N-ethyl adjacent to an activating group) is 1. The normalized spacial score (nSPS) is 22.9. The third-order valence-corrected chi connectivity index (χ3v) is 6.74. The van der Waals surface area contributed by atoms with Gasteiger partial charge in [-0.1, -0.05) is 18.2 Å². The zero-order chi connectivity index (χ0) is 18.0. The van der Waals surface area contributed by atoms with E-state index in [4.69, 9.17) is 0 Å². The summed E-state index contributed by atoms with van der Waals surface area (Å²) in [5, 5.41) is 0. The molecular weight excluding hydrogens is 343 g/mol. The molecule has 25 heavy (non-hydrogen) atoms. The average molecular weight is 366 g/mol. The van der Waals surface area contributed by atoms with Crippen LogP contribution in [0, 0.1) is 5.82 Å². The number of rotatable bonds is 4. The lowest BCUT2D eigenvalue weighted by atomic mass is 9.99. The van der Waals surface area contributed by atoms with E-state index in [1.165, 1.54) is 12.1 Å². The molecule has 5 nitrogen and oxygen atoms in total. The van der Waals surface area contributed by atoms with Crippen molar-refractivity contribution in [3.05, 3.63) is 41.7 Å². The standard InChI is InChI=1S/C18H23FN2O3S/c1-20(17-8-11-25(23,24)13-17)12-18(22)21-9-6-15(7-10-21)14-2-4-16(19)5-3-14/h2-6,17H,7-13H2,1H3. The third-order valence-electron chi connectivity index (χ3n) is 4.99. The molecule has 136 valence electrons. The highest BCUT2D eigenvalue weighted by molar-refractivity contribution is 7.91. The van der Waals surface area contributed by atoms with Crippen LogP contribution < -0.4 is 0 Å². The Morgan fingerprint density at radius 1 is 1.32 bits per heavy atom. The monoisotopic (exact) mass is 366 g/mol. The Morgan fingerprint density at radius 3 is 2.60 bits per heavy atom. The first kappa shape index (κ1) is 18.1. The first-order valence-electron chi connectivity index (χ1n) is 8.47. The van der Waals surface area contributed by atoms with Crippen LogP contribution in [0.25, 0.3) is 5.57 Å². The number of halogens is 1. The predicted octanol–water partition coefficient (Wildman–Crippen LogP) is 1.56. The second-order valence-corrected chi connectivity index (χ2v) is 9.03. The van der Waals surface area contributed by atoms with Gasteiger partial charge in [-0.2, -0.15) is 0 Å². The minimum atomic E-state index is -2.94. The van der Waals surface area contributed by atoms with E-state index in [-0.39, 0.29) is 35.8 Å². The van der Waals surface area contributed by atoms with Crippen LogP contribution >= 0.6 is 0 Å². The third kappa shape index (κ3) is 4.46. The molecule has 2 aliphatic rings. The van der Waals surface area contributed by atoms with Crippen molar-refractivity contribution in [3.63, 3.8) is 0 Å². The van der Waals surface area contributed by atoms with E-state index in [0.717, 1.165) is 17.6 Å². The molecule has 7 heteroatoms. The minimum Gasteiger partial charge on any atom is -0.338 e. The topological polar surface area (TPSA) is 57.7 Å². The average Bonchev–Trinajstić information content (AvgIpc) is 2.96. The molecule has 0 spiro atoms. The molecule has 1 aromatic carbocycles. The largest absolute Gasteiger partial charge is 0.338 e. The number of nitrogens with zero attached hydrogens (tertiary/aromatic N) is 2. The van der Waals surface area contributed by atoms with Crippen molar-refractivity contribution in [2.24, 2.45) is 0 Å². The molecule has 0 saturated carbocycles. The summed E-state index contributed by atoms with van der Waals surface area (Å²) in [5.74, 6) is 0.116. The van der Waals surface area contributed by atoms with Gasteiger partial charge in [0.2, 0.25) is 5.91 Å². The molecule has 2 heterocycles. The molecule has 0 bridgehead atoms. The minimum absolute atomic E-state index is 0.0150. The summed E-state index contributed by atoms with van der Waals surface area (Å²) < 4.78 is 36.1. The summed E-state index contributed by atoms with van der Waals surface area (Å²) in [7, 11) is -1.13. The molecule has 3 rings (SSSR count). The molecule has 1 unspecified atom stereocenters. The Balaban J connectivity index is 1.55. The maximum Gasteiger partial charge on any atom is 0.237 e. The smallest absolute Gasteiger partial charge is 0.237 e. The van der Waals surface area contributed by atoms with Gasteiger partial charge in [0.25, 0.3) is 0 Å². The van der Waals surface area contributed by atoms with Gasteiger partial charge in [-0.3, -0.25) is 9.69 Å². The van der Waals surface area contributed by atoms with Gasteiger partial charge in [-0.15, -0.1) is 0 Å². The van der Waals surface area contributed by atoms with Gasteiger partial charge in [0, 0.05) is 19.1 Å². The van der Waals surface area contributed by atoms with E-state index < -0.39 is 9.84 Å². The van der Waals surface area contributed by atoms with E-state index in [1.807, 2.05) is 18.0 Å². The van der Waals surface area contributed by atoms with Gasteiger partial charge in [0.05, 0.1) is 18.1 Å². The van der Waals surface area contributed by atoms with E-state index in [9.17, 15) is 17.6 Å². The molecule has 1 saturated heterocycles. The van der Waals surface area contributed by atoms with Crippen molar-refractivity contribution in [1.82, 2.24) is 9.80 Å². The Kier molecular flexibility index (Phi) is 5.24. The van der Waals surface area contributed by atoms with E-state index in [0.29, 0.717) is 19.5 Å². The number of sulfone groups is 1. The number of carbonyl (C=O) groups is 1. The summed E-state index contributed by atoms with van der Waals surface area (Å²) in [4.78, 5) is 16.1. The van der Waals surface area contributed by atoms with Crippen molar-refractivity contribution >= 4 is 21.3 Å². The Bertz CT molecular complexity index is 774. The summed E-state index contributed by atoms with van der Waals surface area (Å²) in [5.41, 5.74) is 2.11. The zero-order valence-corrected chi connectivity index (χ0v) is 15.1. The number of hydrogen-bond acceptors (Lipinski definition) is 4. The fourth-order valence-corrected chi connectivity index (χ4v) is 5.19. The molecule has 0 aromatic heterocycles. The van der Waals surface area contributed by atoms with Crippen molar-refractivity contribution < 1.29 is 17.6 Å². The van der Waals surface area contributed by atoms with Crippen molar-refractivity contribution in [2.45, 2.75) is 18.9 Å². The van der Waals surface area contributed by atoms with E-state index in [2.05, 4.69) is 0 Å². The summed E-state index contributed by atoms with van der Waals surface area (Å²) in [6.45, 7) is 1.39. The zero-order valence-electron chi connectivity index (χ0n) is 14.3. The van der Waals surface area contributed by atoms with Crippen LogP contribution in [-0.2, 0) is 14.6 Å². The fourth-order valence-electron chi connectivity index (χ4n) is 3.39. The van der Waals surface area contributed by atoms with Crippen LogP contribution in [0.3, 0.4) is 0 Å². The molecule has 1 aromatic rings. The maximum absolute atomic E-state index is 13.0. The summed E-state index contributed by atoms with van der Waals surface area (Å²) >= 11 is 0. The van der Waals surface area contributed by atoms with Gasteiger partial charge >= 0.3 is 0 Å². The lowest BCUT2D eigenvalue weighted by Crippen LogP contribution is -2.44. The molecule has 1 atom stereocenters. The van der Waals surface area contributed by atoms with Gasteiger partial charge < -0.3 is 4.90 Å². The van der Waals surface area contributed by atoms with Crippen LogP contribution in [0.5, 0.6) is 0 Å². The molecule has 1 fully saturated rings. The Hall–Kier alpha value is -1.73. The van der Waals surface area contributed by atoms with E-state index >= 15 is 0 Å². The Morgan fingerprint density at radius 2 is 2.04 bits per heavy atom. The van der Waals surface area contributed by atoms with Crippen molar-refractivity contribution in [2.75, 3.05) is 38.2 Å². The molecule has 0 N–H and O–H groups in total. The second-order valence-electron chi connectivity index (χ2n) is 6.80. The van der Waals surface area contributed by atoms with Crippen LogP contribution in [-0.4, -0.2) is 68.4 Å². The lowest BCUT2D eigenvalue weighted by Gasteiger charge is -2.30. The highest BCUT2D eigenvalue weighted by atomic mass is 32.2. The first-order chi connectivity index (χ1) is 11.8. The van der Waals surface area contributed by atoms with Crippen LogP contribution in [0.4, 0.5) is 4.39 Å². The maximum atomic E-state index is 13.0. The first-order valence-corrected chi connectivity index (χ1v) is 10.3. The molecule has 0 aliphatic carbocycles. The SMILES string of the molecule is CN(CC(=O)N1CC=C(c2ccc(F)cc2)CC1)C1CCS(=O)(=O)C1. The van der Waals surface area contributed by atoms with Crippen LogP contribution in [0.1, 0.15) is 18.4 Å². The van der Waals surface area contributed by atoms with Crippen molar-refractivity contribution in [1.29, 1.82) is 0 Å². The van der Waals surface area contributed by atoms with E-state index in [1.54, 1.807) is 17.0 Å². The number of amides is 1. The highest BCUT2D eigenvalue weighted by Gasteiger charge is 2.32. The number of benzene rings is 1. The van der Waals surface area contributed by atoms with Crippen LogP contribution in [0.2, 0.25) is 0 Å². The summed E-state index contributed by atoms with van der Waals surface area (Å²) in [6.07, 6.45) is 3.34. The molecule has 2 aliphatic heterocycles. The molecular formula is C18H23FN2O3S. The predicted molar refractivity (Wildman–Crippen MR) is 95.3 cm³/mol.